The molecule has 3 amide bonds. The Kier molecular flexibility index (Phi) is 5.85. The van der Waals surface area contributed by atoms with Crippen molar-refractivity contribution < 1.29 is 9.59 Å². The van der Waals surface area contributed by atoms with E-state index < -0.39 is 0 Å². The van der Waals surface area contributed by atoms with E-state index in [4.69, 9.17) is 0 Å². The van der Waals surface area contributed by atoms with Gasteiger partial charge in [0, 0.05) is 18.6 Å². The third-order valence-corrected chi connectivity index (χ3v) is 4.35. The summed E-state index contributed by atoms with van der Waals surface area (Å²) in [7, 11) is 0. The molecule has 1 unspecified atom stereocenters. The molecule has 6 nitrogen and oxygen atoms in total. The van der Waals surface area contributed by atoms with Gasteiger partial charge in [-0.05, 0) is 51.6 Å². The molecule has 1 saturated carbocycles. The first-order valence-electron chi connectivity index (χ1n) is 8.09. The fourth-order valence-corrected chi connectivity index (χ4v) is 2.57. The first-order chi connectivity index (χ1) is 10.0. The molecule has 1 saturated heterocycles. The van der Waals surface area contributed by atoms with Crippen LogP contribution in [0, 0.1) is 5.92 Å². The maximum Gasteiger partial charge on any atom is 0.315 e. The van der Waals surface area contributed by atoms with Crippen molar-refractivity contribution in [1.29, 1.82) is 0 Å². The van der Waals surface area contributed by atoms with Crippen LogP contribution in [0.1, 0.15) is 39.5 Å². The number of nitrogens with zero attached hydrogens (tertiary/aromatic N) is 1. The average Bonchev–Trinajstić information content (AvgIpc) is 3.27. The van der Waals surface area contributed by atoms with E-state index in [1.807, 2.05) is 0 Å². The summed E-state index contributed by atoms with van der Waals surface area (Å²) in [6.45, 7) is 7.31. The Hall–Kier alpha value is -1.30. The van der Waals surface area contributed by atoms with E-state index in [9.17, 15) is 9.59 Å². The van der Waals surface area contributed by atoms with Gasteiger partial charge >= 0.3 is 6.03 Å². The van der Waals surface area contributed by atoms with Crippen LogP contribution in [0.25, 0.3) is 0 Å². The van der Waals surface area contributed by atoms with Crippen LogP contribution in [-0.4, -0.2) is 55.1 Å². The van der Waals surface area contributed by atoms with Gasteiger partial charge in [-0.15, -0.1) is 0 Å². The van der Waals surface area contributed by atoms with Gasteiger partial charge in [0.15, 0.2) is 0 Å². The highest BCUT2D eigenvalue weighted by molar-refractivity contribution is 5.84. The number of hydrogen-bond acceptors (Lipinski definition) is 3. The van der Waals surface area contributed by atoms with E-state index in [-0.39, 0.29) is 18.5 Å². The Labute approximate surface area is 127 Å². The average molecular weight is 296 g/mol. The van der Waals surface area contributed by atoms with Crippen molar-refractivity contribution in [3.63, 3.8) is 0 Å². The Morgan fingerprint density at radius 2 is 1.81 bits per heavy atom. The Balaban J connectivity index is 1.56. The lowest BCUT2D eigenvalue weighted by Gasteiger charge is -2.34. The van der Waals surface area contributed by atoms with Gasteiger partial charge in [-0.1, -0.05) is 6.92 Å². The molecule has 1 heterocycles. The van der Waals surface area contributed by atoms with Crippen LogP contribution >= 0.6 is 0 Å². The van der Waals surface area contributed by atoms with Crippen LogP contribution in [0.2, 0.25) is 0 Å². The zero-order valence-corrected chi connectivity index (χ0v) is 13.2. The lowest BCUT2D eigenvalue weighted by Crippen LogP contribution is -2.48. The predicted octanol–water partition coefficient (Wildman–Crippen LogP) is 0.685. The highest BCUT2D eigenvalue weighted by Gasteiger charge is 2.23. The van der Waals surface area contributed by atoms with Crippen molar-refractivity contribution in [2.24, 2.45) is 5.92 Å². The monoisotopic (exact) mass is 296 g/mol. The van der Waals surface area contributed by atoms with Crippen LogP contribution in [0.4, 0.5) is 4.79 Å². The van der Waals surface area contributed by atoms with Crippen molar-refractivity contribution in [2.75, 3.05) is 26.2 Å². The van der Waals surface area contributed by atoms with E-state index in [0.29, 0.717) is 18.6 Å². The summed E-state index contributed by atoms with van der Waals surface area (Å²) >= 11 is 0. The molecule has 1 aliphatic heterocycles. The summed E-state index contributed by atoms with van der Waals surface area (Å²) in [5, 5.41) is 8.28. The summed E-state index contributed by atoms with van der Waals surface area (Å²) in [5.41, 5.74) is 0. The summed E-state index contributed by atoms with van der Waals surface area (Å²) in [4.78, 5) is 25.5. The van der Waals surface area contributed by atoms with Crippen LogP contribution in [-0.2, 0) is 4.79 Å². The molecule has 2 rings (SSSR count). The molecule has 0 aromatic heterocycles. The molecule has 3 N–H and O–H groups in total. The number of carbonyl (C=O) groups excluding carboxylic acids is 2. The minimum absolute atomic E-state index is 0.0535. The predicted molar refractivity (Wildman–Crippen MR) is 82.0 cm³/mol. The molecule has 0 aromatic carbocycles. The van der Waals surface area contributed by atoms with Gasteiger partial charge in [-0.3, -0.25) is 9.69 Å². The number of rotatable bonds is 6. The van der Waals surface area contributed by atoms with Crippen molar-refractivity contribution >= 4 is 11.9 Å². The molecule has 1 atom stereocenters. The molecule has 0 bridgehead atoms. The molecule has 2 fully saturated rings. The summed E-state index contributed by atoms with van der Waals surface area (Å²) in [6, 6.07) is 0.408. The van der Waals surface area contributed by atoms with Crippen molar-refractivity contribution in [2.45, 2.75) is 51.6 Å². The third kappa shape index (κ3) is 5.91. The number of likely N-dealkylation sites (tertiary alicyclic amines) is 1. The van der Waals surface area contributed by atoms with E-state index in [0.717, 1.165) is 31.8 Å². The van der Waals surface area contributed by atoms with Crippen LogP contribution < -0.4 is 16.0 Å². The maximum atomic E-state index is 11.7. The second-order valence-corrected chi connectivity index (χ2v) is 6.47. The van der Waals surface area contributed by atoms with Crippen LogP contribution in [0.15, 0.2) is 0 Å². The molecule has 2 aliphatic rings. The van der Waals surface area contributed by atoms with E-state index in [2.05, 4.69) is 34.7 Å². The first kappa shape index (κ1) is 16.1. The lowest BCUT2D eigenvalue weighted by molar-refractivity contribution is -0.120. The van der Waals surface area contributed by atoms with Gasteiger partial charge in [-0.25, -0.2) is 4.79 Å². The van der Waals surface area contributed by atoms with Gasteiger partial charge in [0.05, 0.1) is 6.54 Å². The van der Waals surface area contributed by atoms with Gasteiger partial charge in [0.25, 0.3) is 0 Å². The zero-order valence-electron chi connectivity index (χ0n) is 13.2. The van der Waals surface area contributed by atoms with Gasteiger partial charge in [0.1, 0.15) is 0 Å². The first-order valence-corrected chi connectivity index (χ1v) is 8.09. The molecular weight excluding hydrogens is 268 g/mol. The number of hydrogen-bond donors (Lipinski definition) is 3. The van der Waals surface area contributed by atoms with E-state index in [1.165, 1.54) is 12.8 Å². The molecule has 21 heavy (non-hydrogen) atoms. The second kappa shape index (κ2) is 7.64. The number of piperidine rings is 1. The highest BCUT2D eigenvalue weighted by Crippen LogP contribution is 2.18. The molecule has 1 aliphatic carbocycles. The Morgan fingerprint density at radius 1 is 1.14 bits per heavy atom. The summed E-state index contributed by atoms with van der Waals surface area (Å²) in [6.07, 6.45) is 4.59. The fourth-order valence-electron chi connectivity index (χ4n) is 2.57. The summed E-state index contributed by atoms with van der Waals surface area (Å²) < 4.78 is 0. The molecule has 6 heteroatoms. The van der Waals surface area contributed by atoms with Crippen LogP contribution in [0.5, 0.6) is 0 Å². The molecule has 120 valence electrons. The topological polar surface area (TPSA) is 73.5 Å². The lowest BCUT2D eigenvalue weighted by atomic mass is 9.98. The standard InChI is InChI=1S/C15H28N4O2/c1-11-5-7-19(8-6-11)12(2)9-16-15(21)17-10-14(20)18-13-3-4-13/h11-13H,3-10H2,1-2H3,(H,18,20)(H2,16,17,21). The number of carbonyl (C=O) groups is 2. The molecule has 0 spiro atoms. The van der Waals surface area contributed by atoms with Crippen molar-refractivity contribution in [3.8, 4) is 0 Å². The van der Waals surface area contributed by atoms with Gasteiger partial charge in [0.2, 0.25) is 5.91 Å². The third-order valence-electron chi connectivity index (χ3n) is 4.35. The Morgan fingerprint density at radius 3 is 2.43 bits per heavy atom. The smallest absolute Gasteiger partial charge is 0.315 e. The fraction of sp³-hybridized carbons (Fsp3) is 0.867. The molecular formula is C15H28N4O2. The van der Waals surface area contributed by atoms with Gasteiger partial charge in [-0.2, -0.15) is 0 Å². The van der Waals surface area contributed by atoms with Crippen molar-refractivity contribution in [3.05, 3.63) is 0 Å². The summed E-state index contributed by atoms with van der Waals surface area (Å²) in [5.74, 6) is 0.709. The highest BCUT2D eigenvalue weighted by atomic mass is 16.2. The molecule has 0 aromatic rings. The molecule has 0 radical (unpaired) electrons. The maximum absolute atomic E-state index is 11.7. The normalized spacial score (nSPS) is 21.6. The minimum Gasteiger partial charge on any atom is -0.352 e. The van der Waals surface area contributed by atoms with Crippen LogP contribution in [0.3, 0.4) is 0 Å². The number of urea groups is 1. The van der Waals surface area contributed by atoms with E-state index >= 15 is 0 Å². The number of amides is 3. The van der Waals surface area contributed by atoms with Crippen molar-refractivity contribution in [1.82, 2.24) is 20.9 Å². The largest absolute Gasteiger partial charge is 0.352 e. The Bertz CT molecular complexity index is 363. The number of nitrogens with one attached hydrogen (secondary N) is 3. The minimum atomic E-state index is -0.266. The quantitative estimate of drug-likeness (QED) is 0.675. The zero-order chi connectivity index (χ0) is 15.2. The SMILES string of the molecule is CC1CCN(C(C)CNC(=O)NCC(=O)NC2CC2)CC1. The van der Waals surface area contributed by atoms with Gasteiger partial charge < -0.3 is 16.0 Å². The van der Waals surface area contributed by atoms with E-state index in [1.54, 1.807) is 0 Å². The second-order valence-electron chi connectivity index (χ2n) is 6.47.